The molecule has 0 fully saturated rings. The maximum atomic E-state index is 12.4. The van der Waals surface area contributed by atoms with E-state index < -0.39 is 6.43 Å². The molecule has 1 aromatic rings. The molecule has 0 aliphatic carbocycles. The summed E-state index contributed by atoms with van der Waals surface area (Å²) in [5, 5.41) is 0.325. The van der Waals surface area contributed by atoms with Gasteiger partial charge in [0.25, 0.3) is 6.43 Å². The van der Waals surface area contributed by atoms with Gasteiger partial charge in [0, 0.05) is 17.1 Å². The summed E-state index contributed by atoms with van der Waals surface area (Å²) in [5.41, 5.74) is 0.161. The van der Waals surface area contributed by atoms with Crippen LogP contribution in [0.3, 0.4) is 0 Å². The maximum Gasteiger partial charge on any atom is 0.266 e. The van der Waals surface area contributed by atoms with Crippen molar-refractivity contribution < 1.29 is 13.5 Å². The summed E-state index contributed by atoms with van der Waals surface area (Å²) in [7, 11) is 1.41. The van der Waals surface area contributed by atoms with Gasteiger partial charge in [-0.1, -0.05) is 27.5 Å². The minimum atomic E-state index is -2.63. The first kappa shape index (κ1) is 11.7. The highest BCUT2D eigenvalue weighted by Crippen LogP contribution is 2.34. The molecule has 78 valence electrons. The molecule has 6 heteroatoms. The Balaban J connectivity index is 3.27. The van der Waals surface area contributed by atoms with Crippen LogP contribution >= 0.6 is 27.5 Å². The molecule has 0 aliphatic rings. The SMILES string of the molecule is COc1ncc(C(F)F)c(Cl)c1CBr. The fourth-order valence-electron chi connectivity index (χ4n) is 0.975. The van der Waals surface area contributed by atoms with Gasteiger partial charge in [-0.05, 0) is 0 Å². The van der Waals surface area contributed by atoms with E-state index in [-0.39, 0.29) is 16.5 Å². The second-order valence-electron chi connectivity index (χ2n) is 2.45. The molecule has 1 aromatic heterocycles. The Morgan fingerprint density at radius 3 is 2.71 bits per heavy atom. The number of pyridine rings is 1. The third kappa shape index (κ3) is 2.15. The molecular formula is C8H7BrClF2NO. The van der Waals surface area contributed by atoms with Crippen molar-refractivity contribution in [3.05, 3.63) is 22.3 Å². The highest BCUT2D eigenvalue weighted by molar-refractivity contribution is 9.08. The number of ether oxygens (including phenoxy) is 1. The van der Waals surface area contributed by atoms with Crippen LogP contribution in [0.5, 0.6) is 5.88 Å². The molecule has 14 heavy (non-hydrogen) atoms. The van der Waals surface area contributed by atoms with Crippen LogP contribution in [0, 0.1) is 0 Å². The van der Waals surface area contributed by atoms with Crippen molar-refractivity contribution in [2.75, 3.05) is 7.11 Å². The number of alkyl halides is 3. The fraction of sp³-hybridized carbons (Fsp3) is 0.375. The van der Waals surface area contributed by atoms with E-state index in [9.17, 15) is 8.78 Å². The highest BCUT2D eigenvalue weighted by Gasteiger charge is 2.18. The molecule has 0 spiro atoms. The van der Waals surface area contributed by atoms with Crippen molar-refractivity contribution in [2.45, 2.75) is 11.8 Å². The number of nitrogens with zero attached hydrogens (tertiary/aromatic N) is 1. The average Bonchev–Trinajstić information content (AvgIpc) is 2.16. The quantitative estimate of drug-likeness (QED) is 0.792. The Morgan fingerprint density at radius 1 is 1.64 bits per heavy atom. The van der Waals surface area contributed by atoms with Crippen molar-refractivity contribution >= 4 is 27.5 Å². The van der Waals surface area contributed by atoms with Crippen LogP contribution in [-0.4, -0.2) is 12.1 Å². The summed E-state index contributed by atoms with van der Waals surface area (Å²) in [5.74, 6) is 0.260. The molecule has 0 saturated carbocycles. The van der Waals surface area contributed by atoms with Crippen LogP contribution in [0.25, 0.3) is 0 Å². The topological polar surface area (TPSA) is 22.1 Å². The zero-order valence-electron chi connectivity index (χ0n) is 7.23. The molecule has 0 saturated heterocycles. The fourth-order valence-corrected chi connectivity index (χ4v) is 1.94. The number of aromatic nitrogens is 1. The van der Waals surface area contributed by atoms with Crippen molar-refractivity contribution in [2.24, 2.45) is 0 Å². The van der Waals surface area contributed by atoms with Crippen molar-refractivity contribution in [3.8, 4) is 5.88 Å². The molecule has 1 rings (SSSR count). The first-order chi connectivity index (χ1) is 6.61. The zero-order chi connectivity index (χ0) is 10.7. The standard InChI is InChI=1S/C8H7BrClF2NO/c1-14-8-4(2-9)6(10)5(3-13-8)7(11)12/h3,7H,2H2,1H3. The molecule has 2 nitrogen and oxygen atoms in total. The second-order valence-corrected chi connectivity index (χ2v) is 3.39. The van der Waals surface area contributed by atoms with Crippen LogP contribution in [0.1, 0.15) is 17.6 Å². The van der Waals surface area contributed by atoms with Gasteiger partial charge in [0.1, 0.15) is 0 Å². The van der Waals surface area contributed by atoms with E-state index in [2.05, 4.69) is 20.9 Å². The van der Waals surface area contributed by atoms with Gasteiger partial charge in [-0.15, -0.1) is 0 Å². The van der Waals surface area contributed by atoms with Gasteiger partial charge in [-0.2, -0.15) is 0 Å². The largest absolute Gasteiger partial charge is 0.481 e. The van der Waals surface area contributed by atoms with Gasteiger partial charge < -0.3 is 4.74 Å². The summed E-state index contributed by atoms with van der Waals surface area (Å²) in [4.78, 5) is 3.73. The van der Waals surface area contributed by atoms with Crippen molar-refractivity contribution in [1.29, 1.82) is 0 Å². The minimum absolute atomic E-state index is 0.00345. The molecule has 0 amide bonds. The Labute approximate surface area is 93.4 Å². The van der Waals surface area contributed by atoms with E-state index in [4.69, 9.17) is 16.3 Å². The molecule has 1 heterocycles. The summed E-state index contributed by atoms with van der Waals surface area (Å²) >= 11 is 8.89. The van der Waals surface area contributed by atoms with E-state index in [1.165, 1.54) is 7.11 Å². The zero-order valence-corrected chi connectivity index (χ0v) is 9.57. The number of halogens is 4. The summed E-state index contributed by atoms with van der Waals surface area (Å²) in [6.07, 6.45) is -1.60. The van der Waals surface area contributed by atoms with E-state index in [0.717, 1.165) is 6.20 Å². The monoisotopic (exact) mass is 285 g/mol. The van der Waals surface area contributed by atoms with Gasteiger partial charge in [0.15, 0.2) is 0 Å². The Bertz CT molecular complexity index is 335. The Kier molecular flexibility index (Phi) is 4.07. The minimum Gasteiger partial charge on any atom is -0.481 e. The third-order valence-electron chi connectivity index (χ3n) is 1.66. The van der Waals surface area contributed by atoms with Crippen LogP contribution in [0.4, 0.5) is 8.78 Å². The Hall–Kier alpha value is -0.420. The van der Waals surface area contributed by atoms with Gasteiger partial charge >= 0.3 is 0 Å². The lowest BCUT2D eigenvalue weighted by molar-refractivity contribution is 0.151. The second kappa shape index (κ2) is 4.89. The van der Waals surface area contributed by atoms with Crippen LogP contribution in [0.15, 0.2) is 6.20 Å². The first-order valence-electron chi connectivity index (χ1n) is 3.67. The smallest absolute Gasteiger partial charge is 0.266 e. The van der Waals surface area contributed by atoms with E-state index in [1.54, 1.807) is 0 Å². The van der Waals surface area contributed by atoms with E-state index >= 15 is 0 Å². The molecule has 0 unspecified atom stereocenters. The van der Waals surface area contributed by atoms with Gasteiger partial charge in [-0.3, -0.25) is 0 Å². The van der Waals surface area contributed by atoms with Crippen LogP contribution in [-0.2, 0) is 5.33 Å². The van der Waals surface area contributed by atoms with Crippen LogP contribution in [0.2, 0.25) is 5.02 Å². The average molecular weight is 287 g/mol. The van der Waals surface area contributed by atoms with Gasteiger partial charge in [0.2, 0.25) is 5.88 Å². The summed E-state index contributed by atoms with van der Waals surface area (Å²) in [6, 6.07) is 0. The maximum absolute atomic E-state index is 12.4. The normalized spacial score (nSPS) is 10.7. The van der Waals surface area contributed by atoms with Gasteiger partial charge in [-0.25, -0.2) is 13.8 Å². The summed E-state index contributed by atoms with van der Waals surface area (Å²) in [6.45, 7) is 0. The first-order valence-corrected chi connectivity index (χ1v) is 5.17. The predicted molar refractivity (Wildman–Crippen MR) is 53.4 cm³/mol. The molecule has 0 N–H and O–H groups in total. The van der Waals surface area contributed by atoms with E-state index in [1.807, 2.05) is 0 Å². The highest BCUT2D eigenvalue weighted by atomic mass is 79.9. The number of hydrogen-bond acceptors (Lipinski definition) is 2. The molecule has 0 aromatic carbocycles. The van der Waals surface area contributed by atoms with Crippen molar-refractivity contribution in [1.82, 2.24) is 4.98 Å². The number of hydrogen-bond donors (Lipinski definition) is 0. The molecule has 0 aliphatic heterocycles. The van der Waals surface area contributed by atoms with E-state index in [0.29, 0.717) is 10.9 Å². The van der Waals surface area contributed by atoms with Crippen molar-refractivity contribution in [3.63, 3.8) is 0 Å². The third-order valence-corrected chi connectivity index (χ3v) is 2.67. The summed E-state index contributed by atoms with van der Waals surface area (Å²) < 4.78 is 29.7. The molecule has 0 atom stereocenters. The van der Waals surface area contributed by atoms with Gasteiger partial charge in [0.05, 0.1) is 17.7 Å². The molecule has 0 radical (unpaired) electrons. The predicted octanol–water partition coefficient (Wildman–Crippen LogP) is 3.58. The molecule has 0 bridgehead atoms. The van der Waals surface area contributed by atoms with Crippen LogP contribution < -0.4 is 4.74 Å². The lowest BCUT2D eigenvalue weighted by Crippen LogP contribution is -1.98. The number of rotatable bonds is 3. The molecular weight excluding hydrogens is 279 g/mol. The lowest BCUT2D eigenvalue weighted by Gasteiger charge is -2.10. The Morgan fingerprint density at radius 2 is 2.29 bits per heavy atom. The number of methoxy groups -OCH3 is 1. The lowest BCUT2D eigenvalue weighted by atomic mass is 10.2.